The van der Waals surface area contributed by atoms with Gasteiger partial charge in [0, 0.05) is 17.8 Å². The summed E-state index contributed by atoms with van der Waals surface area (Å²) in [4.78, 5) is 12.5. The monoisotopic (exact) mass is 380 g/mol. The van der Waals surface area contributed by atoms with Crippen LogP contribution in [-0.4, -0.2) is 25.9 Å². The van der Waals surface area contributed by atoms with Gasteiger partial charge in [0.2, 0.25) is 5.91 Å². The van der Waals surface area contributed by atoms with Crippen molar-refractivity contribution >= 4 is 23.4 Å². The Morgan fingerprint density at radius 3 is 2.52 bits per heavy atom. The molecule has 0 spiro atoms. The summed E-state index contributed by atoms with van der Waals surface area (Å²) in [5.74, 6) is 0.779. The average Bonchev–Trinajstić information content (AvgIpc) is 3.06. The molecule has 1 aromatic heterocycles. The summed E-state index contributed by atoms with van der Waals surface area (Å²) in [6, 6.07) is 16.0. The van der Waals surface area contributed by atoms with Gasteiger partial charge in [-0.3, -0.25) is 4.79 Å². The van der Waals surface area contributed by atoms with Gasteiger partial charge in [-0.1, -0.05) is 53.2 Å². The Morgan fingerprint density at radius 1 is 1.11 bits per heavy atom. The second-order valence-electron chi connectivity index (χ2n) is 6.54. The maximum absolute atomic E-state index is 12.5. The van der Waals surface area contributed by atoms with Crippen LogP contribution in [0.5, 0.6) is 0 Å². The van der Waals surface area contributed by atoms with Crippen LogP contribution in [-0.2, 0) is 11.3 Å². The molecule has 0 aliphatic carbocycles. The molecule has 0 bridgehead atoms. The first-order chi connectivity index (χ1) is 13.0. The van der Waals surface area contributed by atoms with Crippen molar-refractivity contribution in [2.75, 3.05) is 5.32 Å². The van der Waals surface area contributed by atoms with Crippen LogP contribution in [0.15, 0.2) is 53.7 Å². The second kappa shape index (κ2) is 8.39. The summed E-state index contributed by atoms with van der Waals surface area (Å²) >= 11 is 1.42. The molecule has 0 unspecified atom stereocenters. The van der Waals surface area contributed by atoms with Crippen LogP contribution >= 0.6 is 11.8 Å². The van der Waals surface area contributed by atoms with E-state index in [1.165, 1.54) is 17.3 Å². The Morgan fingerprint density at radius 2 is 1.85 bits per heavy atom. The van der Waals surface area contributed by atoms with Crippen LogP contribution in [0.2, 0.25) is 0 Å². The highest BCUT2D eigenvalue weighted by molar-refractivity contribution is 8.00. The minimum atomic E-state index is -0.286. The number of nitrogens with one attached hydrogen (secondary N) is 1. The molecule has 0 fully saturated rings. The van der Waals surface area contributed by atoms with E-state index in [1.54, 1.807) is 0 Å². The molecule has 0 aliphatic heterocycles. The lowest BCUT2D eigenvalue weighted by Gasteiger charge is -2.13. The molecule has 2 aromatic carbocycles. The third-order valence-electron chi connectivity index (χ3n) is 4.28. The van der Waals surface area contributed by atoms with Crippen LogP contribution in [0.1, 0.15) is 25.0 Å². The molecule has 1 heterocycles. The Balaban J connectivity index is 1.75. The number of carbonyl (C=O) groups excluding carboxylic acids is 1. The molecule has 1 N–H and O–H groups in total. The van der Waals surface area contributed by atoms with Crippen LogP contribution < -0.4 is 5.32 Å². The number of amides is 1. The topological polar surface area (TPSA) is 59.8 Å². The Labute approximate surface area is 164 Å². The first-order valence-electron chi connectivity index (χ1n) is 9.02. The first-order valence-corrected chi connectivity index (χ1v) is 9.90. The van der Waals surface area contributed by atoms with Crippen LogP contribution in [0.4, 0.5) is 5.69 Å². The van der Waals surface area contributed by atoms with E-state index in [0.29, 0.717) is 0 Å². The number of nitrogens with zero attached hydrogens (tertiary/aromatic N) is 3. The lowest BCUT2D eigenvalue weighted by molar-refractivity contribution is -0.115. The van der Waals surface area contributed by atoms with Gasteiger partial charge in [-0.15, -0.1) is 10.2 Å². The number of anilines is 1. The van der Waals surface area contributed by atoms with Gasteiger partial charge in [-0.05, 0) is 45.9 Å². The van der Waals surface area contributed by atoms with Crippen molar-refractivity contribution < 1.29 is 4.79 Å². The van der Waals surface area contributed by atoms with E-state index < -0.39 is 0 Å². The molecule has 1 amide bonds. The normalized spacial score (nSPS) is 12.0. The summed E-state index contributed by atoms with van der Waals surface area (Å²) in [6.07, 6.45) is 0. The molecule has 0 aliphatic rings. The first kappa shape index (κ1) is 19.2. The number of benzene rings is 2. The fraction of sp³-hybridized carbons (Fsp3) is 0.286. The molecule has 0 saturated heterocycles. The Bertz CT molecular complexity index is 934. The lowest BCUT2D eigenvalue weighted by atomic mass is 10.1. The predicted octanol–water partition coefficient (Wildman–Crippen LogP) is 4.70. The van der Waals surface area contributed by atoms with E-state index in [1.807, 2.05) is 50.2 Å². The number of aryl methyl sites for hydroxylation is 2. The number of rotatable bonds is 6. The maximum Gasteiger partial charge on any atom is 0.237 e. The molecule has 0 radical (unpaired) electrons. The van der Waals surface area contributed by atoms with Gasteiger partial charge >= 0.3 is 0 Å². The van der Waals surface area contributed by atoms with Gasteiger partial charge in [0.15, 0.2) is 11.0 Å². The summed E-state index contributed by atoms with van der Waals surface area (Å²) in [5, 5.41) is 12.1. The summed E-state index contributed by atoms with van der Waals surface area (Å²) in [5.41, 5.74) is 4.18. The van der Waals surface area contributed by atoms with E-state index in [0.717, 1.165) is 34.3 Å². The third kappa shape index (κ3) is 4.57. The highest BCUT2D eigenvalue weighted by Crippen LogP contribution is 2.27. The van der Waals surface area contributed by atoms with Crippen molar-refractivity contribution in [3.63, 3.8) is 0 Å². The molecule has 3 rings (SSSR count). The van der Waals surface area contributed by atoms with E-state index in [2.05, 4.69) is 46.1 Å². The number of hydrogen-bond acceptors (Lipinski definition) is 4. The zero-order valence-electron chi connectivity index (χ0n) is 16.1. The van der Waals surface area contributed by atoms with Crippen LogP contribution in [0.3, 0.4) is 0 Å². The zero-order chi connectivity index (χ0) is 19.4. The van der Waals surface area contributed by atoms with Gasteiger partial charge in [-0.2, -0.15) is 0 Å². The van der Waals surface area contributed by atoms with Crippen LogP contribution in [0, 0.1) is 13.8 Å². The standard InChI is InChI=1S/C21H24N4OS/c1-5-25-19(17-8-6-7-15(3)13-17)23-24-21(25)27-16(4)20(26)22-18-11-9-14(2)10-12-18/h6-13,16H,5H2,1-4H3,(H,22,26)/t16-/m1/s1. The van der Waals surface area contributed by atoms with Gasteiger partial charge in [-0.25, -0.2) is 0 Å². The van der Waals surface area contributed by atoms with E-state index in [-0.39, 0.29) is 11.2 Å². The number of thioether (sulfide) groups is 1. The minimum Gasteiger partial charge on any atom is -0.325 e. The van der Waals surface area contributed by atoms with Crippen molar-refractivity contribution in [1.29, 1.82) is 0 Å². The quantitative estimate of drug-likeness (QED) is 0.630. The molecule has 3 aromatic rings. The SMILES string of the molecule is CCn1c(S[C@H](C)C(=O)Nc2ccc(C)cc2)nnc1-c1cccc(C)c1. The molecular weight excluding hydrogens is 356 g/mol. The molecule has 6 heteroatoms. The average molecular weight is 381 g/mol. The smallest absolute Gasteiger partial charge is 0.237 e. The van der Waals surface area contributed by atoms with Gasteiger partial charge in [0.25, 0.3) is 0 Å². The van der Waals surface area contributed by atoms with E-state index in [4.69, 9.17) is 0 Å². The summed E-state index contributed by atoms with van der Waals surface area (Å²) in [6.45, 7) is 8.76. The molecular formula is C21H24N4OS. The highest BCUT2D eigenvalue weighted by Gasteiger charge is 2.20. The highest BCUT2D eigenvalue weighted by atomic mass is 32.2. The van der Waals surface area contributed by atoms with Gasteiger partial charge in [0.05, 0.1) is 5.25 Å². The Hall–Kier alpha value is -2.60. The summed E-state index contributed by atoms with van der Waals surface area (Å²) in [7, 11) is 0. The molecule has 27 heavy (non-hydrogen) atoms. The lowest BCUT2D eigenvalue weighted by Crippen LogP contribution is -2.22. The Kier molecular flexibility index (Phi) is 5.96. The number of aromatic nitrogens is 3. The van der Waals surface area contributed by atoms with Gasteiger partial charge in [0.1, 0.15) is 0 Å². The molecule has 1 atom stereocenters. The van der Waals surface area contributed by atoms with Crippen LogP contribution in [0.25, 0.3) is 11.4 Å². The maximum atomic E-state index is 12.5. The van der Waals surface area contributed by atoms with Gasteiger partial charge < -0.3 is 9.88 Å². The number of carbonyl (C=O) groups is 1. The number of hydrogen-bond donors (Lipinski definition) is 1. The van der Waals surface area contributed by atoms with Crippen molar-refractivity contribution in [2.24, 2.45) is 0 Å². The van der Waals surface area contributed by atoms with Crippen molar-refractivity contribution in [3.05, 3.63) is 59.7 Å². The fourth-order valence-corrected chi connectivity index (χ4v) is 3.66. The van der Waals surface area contributed by atoms with E-state index >= 15 is 0 Å². The third-order valence-corrected chi connectivity index (χ3v) is 5.36. The largest absolute Gasteiger partial charge is 0.325 e. The molecule has 140 valence electrons. The van der Waals surface area contributed by atoms with E-state index in [9.17, 15) is 4.79 Å². The fourth-order valence-electron chi connectivity index (χ4n) is 2.75. The van der Waals surface area contributed by atoms with Crippen molar-refractivity contribution in [2.45, 2.75) is 44.6 Å². The van der Waals surface area contributed by atoms with Crippen molar-refractivity contribution in [3.8, 4) is 11.4 Å². The zero-order valence-corrected chi connectivity index (χ0v) is 16.9. The minimum absolute atomic E-state index is 0.0494. The summed E-state index contributed by atoms with van der Waals surface area (Å²) < 4.78 is 2.05. The van der Waals surface area contributed by atoms with Crippen molar-refractivity contribution in [1.82, 2.24) is 14.8 Å². The second-order valence-corrected chi connectivity index (χ2v) is 7.84. The molecule has 5 nitrogen and oxygen atoms in total. The predicted molar refractivity (Wildman–Crippen MR) is 111 cm³/mol. The molecule has 0 saturated carbocycles.